The van der Waals surface area contributed by atoms with Crippen LogP contribution >= 0.6 is 0 Å². The van der Waals surface area contributed by atoms with Gasteiger partial charge in [-0.05, 0) is 25.1 Å². The van der Waals surface area contributed by atoms with Gasteiger partial charge in [0.25, 0.3) is 5.56 Å². The van der Waals surface area contributed by atoms with Crippen molar-refractivity contribution >= 4 is 16.9 Å². The van der Waals surface area contributed by atoms with Crippen molar-refractivity contribution < 1.29 is 22.4 Å². The molecule has 2 heterocycles. The highest BCUT2D eigenvalue weighted by atomic mass is 19.4. The molecule has 2 aromatic heterocycles. The number of benzene rings is 1. The van der Waals surface area contributed by atoms with Crippen molar-refractivity contribution in [1.29, 1.82) is 0 Å². The molecule has 5 nitrogen and oxygen atoms in total. The number of hydrogen-bond donors (Lipinski definition) is 1. The van der Waals surface area contributed by atoms with Gasteiger partial charge in [-0.25, -0.2) is 0 Å². The van der Waals surface area contributed by atoms with Crippen LogP contribution in [0.2, 0.25) is 0 Å². The first-order chi connectivity index (χ1) is 12.2. The number of furan rings is 1. The van der Waals surface area contributed by atoms with Gasteiger partial charge >= 0.3 is 6.18 Å². The van der Waals surface area contributed by atoms with E-state index >= 15 is 0 Å². The van der Waals surface area contributed by atoms with E-state index in [1.807, 2.05) is 18.2 Å². The van der Waals surface area contributed by atoms with Crippen molar-refractivity contribution in [2.45, 2.75) is 25.7 Å². The molecular weight excluding hydrogens is 349 g/mol. The highest BCUT2D eigenvalue weighted by Gasteiger charge is 2.31. The van der Waals surface area contributed by atoms with Gasteiger partial charge in [-0.3, -0.25) is 9.59 Å². The lowest BCUT2D eigenvalue weighted by molar-refractivity contribution is -0.138. The molecule has 0 unspecified atom stereocenters. The van der Waals surface area contributed by atoms with Crippen LogP contribution in [-0.4, -0.2) is 10.5 Å². The Bertz CT molecular complexity index is 972. The van der Waals surface area contributed by atoms with Gasteiger partial charge in [0.1, 0.15) is 17.9 Å². The Kier molecular flexibility index (Phi) is 4.58. The molecule has 0 radical (unpaired) electrons. The molecule has 1 atom stereocenters. The number of halogens is 3. The smallest absolute Gasteiger partial charge is 0.417 e. The summed E-state index contributed by atoms with van der Waals surface area (Å²) in [6.45, 7) is 1.16. The Morgan fingerprint density at radius 1 is 1.23 bits per heavy atom. The van der Waals surface area contributed by atoms with Crippen LogP contribution in [0.4, 0.5) is 13.2 Å². The van der Waals surface area contributed by atoms with Crippen LogP contribution in [0.25, 0.3) is 11.0 Å². The fourth-order valence-electron chi connectivity index (χ4n) is 2.55. The first-order valence-corrected chi connectivity index (χ1v) is 7.79. The first-order valence-electron chi connectivity index (χ1n) is 7.79. The molecule has 0 bridgehead atoms. The van der Waals surface area contributed by atoms with Gasteiger partial charge in [-0.15, -0.1) is 0 Å². The normalized spacial score (nSPS) is 12.9. The van der Waals surface area contributed by atoms with Crippen molar-refractivity contribution in [2.24, 2.45) is 0 Å². The zero-order valence-corrected chi connectivity index (χ0v) is 13.7. The Hall–Kier alpha value is -3.03. The molecule has 136 valence electrons. The van der Waals surface area contributed by atoms with Crippen LogP contribution in [0, 0.1) is 0 Å². The summed E-state index contributed by atoms with van der Waals surface area (Å²) in [6, 6.07) is 10.1. The van der Waals surface area contributed by atoms with Crippen molar-refractivity contribution in [1.82, 2.24) is 9.88 Å². The number of hydrogen-bond acceptors (Lipinski definition) is 3. The molecule has 0 aliphatic rings. The topological polar surface area (TPSA) is 64.2 Å². The summed E-state index contributed by atoms with van der Waals surface area (Å²) in [4.78, 5) is 23.8. The Morgan fingerprint density at radius 2 is 1.96 bits per heavy atom. The molecule has 8 heteroatoms. The number of para-hydroxylation sites is 1. The minimum absolute atomic E-state index is 0.503. The number of amides is 1. The van der Waals surface area contributed by atoms with Crippen molar-refractivity contribution in [2.75, 3.05) is 0 Å². The van der Waals surface area contributed by atoms with Gasteiger partial charge in [-0.2, -0.15) is 13.2 Å². The number of nitrogens with one attached hydrogen (secondary N) is 1. The van der Waals surface area contributed by atoms with Crippen LogP contribution in [0.1, 0.15) is 24.3 Å². The van der Waals surface area contributed by atoms with E-state index in [0.29, 0.717) is 23.6 Å². The average molecular weight is 364 g/mol. The standard InChI is InChI=1S/C18H15F3N2O3/c1-11(15-8-12-4-2-3-5-14(12)26-15)22-16(24)10-23-9-13(18(19,20)21)6-7-17(23)25/h2-9,11H,10H2,1H3,(H,22,24)/t11-/m0/s1. The van der Waals surface area contributed by atoms with Crippen LogP contribution in [0.3, 0.4) is 0 Å². The van der Waals surface area contributed by atoms with Crippen molar-refractivity contribution in [3.63, 3.8) is 0 Å². The minimum atomic E-state index is -4.59. The quantitative estimate of drug-likeness (QED) is 0.771. The van der Waals surface area contributed by atoms with E-state index in [9.17, 15) is 22.8 Å². The fourth-order valence-corrected chi connectivity index (χ4v) is 2.55. The summed E-state index contributed by atoms with van der Waals surface area (Å²) in [7, 11) is 0. The van der Waals surface area contributed by atoms with Gasteiger partial charge in [0.05, 0.1) is 11.6 Å². The highest BCUT2D eigenvalue weighted by molar-refractivity contribution is 5.79. The molecule has 26 heavy (non-hydrogen) atoms. The van der Waals surface area contributed by atoms with E-state index < -0.39 is 35.8 Å². The summed E-state index contributed by atoms with van der Waals surface area (Å²) in [5.41, 5.74) is -1.02. The maximum atomic E-state index is 12.7. The van der Waals surface area contributed by atoms with E-state index in [-0.39, 0.29) is 0 Å². The third kappa shape index (κ3) is 3.79. The number of carbonyl (C=O) groups is 1. The van der Waals surface area contributed by atoms with Gasteiger partial charge < -0.3 is 14.3 Å². The van der Waals surface area contributed by atoms with Gasteiger partial charge in [0.2, 0.25) is 5.91 Å². The molecule has 0 saturated carbocycles. The van der Waals surface area contributed by atoms with Crippen LogP contribution in [0.5, 0.6) is 0 Å². The van der Waals surface area contributed by atoms with Gasteiger partial charge in [0.15, 0.2) is 0 Å². The molecule has 3 rings (SSSR count). The second-order valence-electron chi connectivity index (χ2n) is 5.86. The predicted molar refractivity (Wildman–Crippen MR) is 88.5 cm³/mol. The Balaban J connectivity index is 1.73. The zero-order chi connectivity index (χ0) is 18.9. The number of aromatic nitrogens is 1. The predicted octanol–water partition coefficient (Wildman–Crippen LogP) is 3.49. The monoisotopic (exact) mass is 364 g/mol. The minimum Gasteiger partial charge on any atom is -0.459 e. The van der Waals surface area contributed by atoms with Crippen LogP contribution in [0.15, 0.2) is 57.9 Å². The van der Waals surface area contributed by atoms with E-state index in [4.69, 9.17) is 4.42 Å². The molecule has 0 spiro atoms. The van der Waals surface area contributed by atoms with Gasteiger partial charge in [0, 0.05) is 17.6 Å². The lowest BCUT2D eigenvalue weighted by Gasteiger charge is -2.13. The lowest BCUT2D eigenvalue weighted by atomic mass is 10.2. The number of rotatable bonds is 4. The molecule has 1 amide bonds. The summed E-state index contributed by atoms with van der Waals surface area (Å²) in [5.74, 6) is -0.0877. The molecular formula is C18H15F3N2O3. The van der Waals surface area contributed by atoms with Crippen LogP contribution < -0.4 is 10.9 Å². The largest absolute Gasteiger partial charge is 0.459 e. The second kappa shape index (κ2) is 6.70. The highest BCUT2D eigenvalue weighted by Crippen LogP contribution is 2.28. The van der Waals surface area contributed by atoms with E-state index in [2.05, 4.69) is 5.32 Å². The van der Waals surface area contributed by atoms with Crippen LogP contribution in [-0.2, 0) is 17.5 Å². The molecule has 0 aliphatic carbocycles. The number of alkyl halides is 3. The van der Waals surface area contributed by atoms with E-state index in [1.54, 1.807) is 19.1 Å². The number of fused-ring (bicyclic) bond motifs is 1. The maximum absolute atomic E-state index is 12.7. The second-order valence-corrected chi connectivity index (χ2v) is 5.86. The summed E-state index contributed by atoms with van der Waals surface area (Å²) in [5, 5.41) is 3.49. The third-order valence-electron chi connectivity index (χ3n) is 3.87. The SMILES string of the molecule is C[C@H](NC(=O)Cn1cc(C(F)(F)F)ccc1=O)c1cc2ccccc2o1. The molecule has 0 saturated heterocycles. The maximum Gasteiger partial charge on any atom is 0.417 e. The molecule has 1 aromatic carbocycles. The van der Waals surface area contributed by atoms with Crippen molar-refractivity contribution in [3.8, 4) is 0 Å². The van der Waals surface area contributed by atoms with Crippen molar-refractivity contribution in [3.05, 3.63) is 70.3 Å². The third-order valence-corrected chi connectivity index (χ3v) is 3.87. The van der Waals surface area contributed by atoms with E-state index in [1.165, 1.54) is 0 Å². The average Bonchev–Trinajstić information content (AvgIpc) is 3.00. The fraction of sp³-hybridized carbons (Fsp3) is 0.222. The number of pyridine rings is 1. The van der Waals surface area contributed by atoms with E-state index in [0.717, 1.165) is 16.0 Å². The Morgan fingerprint density at radius 3 is 2.65 bits per heavy atom. The molecule has 3 aromatic rings. The summed E-state index contributed by atoms with van der Waals surface area (Å²) < 4.78 is 44.6. The molecule has 1 N–H and O–H groups in total. The summed E-state index contributed by atoms with van der Waals surface area (Å²) >= 11 is 0. The Labute approximate surface area is 146 Å². The zero-order valence-electron chi connectivity index (χ0n) is 13.7. The summed E-state index contributed by atoms with van der Waals surface area (Å²) in [6.07, 6.45) is -3.96. The molecule has 0 fully saturated rings. The number of nitrogens with zero attached hydrogens (tertiary/aromatic N) is 1. The van der Waals surface area contributed by atoms with Gasteiger partial charge in [-0.1, -0.05) is 18.2 Å². The number of carbonyl (C=O) groups excluding carboxylic acids is 1. The first kappa shape index (κ1) is 17.8. The lowest BCUT2D eigenvalue weighted by Crippen LogP contribution is -2.33. The molecule has 0 aliphatic heterocycles.